The Bertz CT molecular complexity index is 563. The second-order valence-electron chi connectivity index (χ2n) is 7.16. The van der Waals surface area contributed by atoms with Crippen LogP contribution >= 0.6 is 0 Å². The molecule has 1 aliphatic carbocycles. The molecular weight excluding hydrogens is 302 g/mol. The summed E-state index contributed by atoms with van der Waals surface area (Å²) in [5.74, 6) is 0.0930. The number of hydrogen-bond donors (Lipinski definition) is 2. The second-order valence-corrected chi connectivity index (χ2v) is 7.16. The molecule has 1 saturated carbocycles. The highest BCUT2D eigenvalue weighted by Gasteiger charge is 2.29. The van der Waals surface area contributed by atoms with Gasteiger partial charge in [-0.15, -0.1) is 0 Å². The van der Waals surface area contributed by atoms with Gasteiger partial charge in [-0.3, -0.25) is 9.69 Å². The van der Waals surface area contributed by atoms with Crippen LogP contribution in [0.25, 0.3) is 0 Å². The molecule has 1 saturated heterocycles. The van der Waals surface area contributed by atoms with Crippen LogP contribution in [-0.4, -0.2) is 42.6 Å². The van der Waals surface area contributed by atoms with Crippen LogP contribution < -0.4 is 11.1 Å². The predicted molar refractivity (Wildman–Crippen MR) is 94.3 cm³/mol. The summed E-state index contributed by atoms with van der Waals surface area (Å²) in [6.45, 7) is 6.38. The number of hydrogen-bond acceptors (Lipinski definition) is 4. The normalized spacial score (nSPS) is 28.0. The third kappa shape index (κ3) is 4.56. The van der Waals surface area contributed by atoms with E-state index in [1.807, 2.05) is 0 Å². The molecule has 0 radical (unpaired) electrons. The number of benzene rings is 1. The maximum atomic E-state index is 12.3. The van der Waals surface area contributed by atoms with Crippen LogP contribution in [-0.2, 0) is 22.6 Å². The van der Waals surface area contributed by atoms with Crippen molar-refractivity contribution in [2.45, 2.75) is 51.4 Å². The summed E-state index contributed by atoms with van der Waals surface area (Å²) in [4.78, 5) is 14.7. The zero-order valence-corrected chi connectivity index (χ0v) is 14.5. The van der Waals surface area contributed by atoms with Crippen molar-refractivity contribution >= 4 is 5.91 Å². The Labute approximate surface area is 144 Å². The van der Waals surface area contributed by atoms with Crippen molar-refractivity contribution in [3.8, 4) is 0 Å². The molecule has 2 aliphatic rings. The third-order valence-electron chi connectivity index (χ3n) is 5.10. The lowest BCUT2D eigenvalue weighted by Gasteiger charge is -2.31. The van der Waals surface area contributed by atoms with Crippen molar-refractivity contribution in [1.82, 2.24) is 10.2 Å². The molecule has 24 heavy (non-hydrogen) atoms. The molecule has 5 nitrogen and oxygen atoms in total. The van der Waals surface area contributed by atoms with Crippen molar-refractivity contribution < 1.29 is 9.53 Å². The first-order valence-corrected chi connectivity index (χ1v) is 9.07. The Kier molecular flexibility index (Phi) is 5.87. The predicted octanol–water partition coefficient (Wildman–Crippen LogP) is 1.65. The van der Waals surface area contributed by atoms with Gasteiger partial charge >= 0.3 is 0 Å². The molecule has 3 N–H and O–H groups in total. The molecular formula is C19H29N3O2. The summed E-state index contributed by atoms with van der Waals surface area (Å²) in [7, 11) is 0. The van der Waals surface area contributed by atoms with Crippen LogP contribution in [0.2, 0.25) is 0 Å². The molecule has 1 aromatic carbocycles. The molecule has 3 atom stereocenters. The topological polar surface area (TPSA) is 67.6 Å². The zero-order chi connectivity index (χ0) is 16.9. The van der Waals surface area contributed by atoms with Gasteiger partial charge in [-0.1, -0.05) is 30.7 Å². The molecule has 0 bridgehead atoms. The average molecular weight is 331 g/mol. The van der Waals surface area contributed by atoms with Crippen LogP contribution in [0.3, 0.4) is 0 Å². The first kappa shape index (κ1) is 17.4. The molecule has 0 unspecified atom stereocenters. The van der Waals surface area contributed by atoms with Crippen molar-refractivity contribution in [2.75, 3.05) is 19.7 Å². The summed E-state index contributed by atoms with van der Waals surface area (Å²) in [5.41, 5.74) is 8.44. The number of carbonyl (C=O) groups is 1. The van der Waals surface area contributed by atoms with Gasteiger partial charge in [0.05, 0.1) is 18.6 Å². The molecule has 1 amide bonds. The number of morpholine rings is 1. The summed E-state index contributed by atoms with van der Waals surface area (Å²) in [6.07, 6.45) is 3.25. The molecule has 3 rings (SSSR count). The standard InChI is InChI=1S/C19H29N3O2/c1-14-12-22(8-9-24-14)13-16-5-2-4-15(10-16)11-21-19(23)17-6-3-7-18(17)20/h2,4-5,10,14,17-18H,3,6-9,11-13,20H2,1H3,(H,21,23)/t14-,17+,18+/m1/s1. The average Bonchev–Trinajstić information content (AvgIpc) is 2.99. The van der Waals surface area contributed by atoms with E-state index < -0.39 is 0 Å². The van der Waals surface area contributed by atoms with Crippen LogP contribution in [0.5, 0.6) is 0 Å². The van der Waals surface area contributed by atoms with Crippen LogP contribution in [0.1, 0.15) is 37.3 Å². The van der Waals surface area contributed by atoms with Crippen molar-refractivity contribution in [3.05, 3.63) is 35.4 Å². The number of nitrogens with one attached hydrogen (secondary N) is 1. The Balaban J connectivity index is 1.52. The third-order valence-corrected chi connectivity index (χ3v) is 5.10. The monoisotopic (exact) mass is 331 g/mol. The Morgan fingerprint density at radius 3 is 2.96 bits per heavy atom. The van der Waals surface area contributed by atoms with Crippen LogP contribution in [0, 0.1) is 5.92 Å². The largest absolute Gasteiger partial charge is 0.376 e. The highest BCUT2D eigenvalue weighted by Crippen LogP contribution is 2.24. The van der Waals surface area contributed by atoms with Gasteiger partial charge in [-0.2, -0.15) is 0 Å². The van der Waals surface area contributed by atoms with Crippen molar-refractivity contribution in [1.29, 1.82) is 0 Å². The number of rotatable bonds is 5. The minimum absolute atomic E-state index is 0.0111. The molecule has 1 aliphatic heterocycles. The van der Waals surface area contributed by atoms with Crippen molar-refractivity contribution in [3.63, 3.8) is 0 Å². The Morgan fingerprint density at radius 2 is 2.21 bits per heavy atom. The molecule has 2 fully saturated rings. The van der Waals surface area contributed by atoms with Gasteiger partial charge in [-0.05, 0) is 30.9 Å². The molecule has 0 aromatic heterocycles. The maximum absolute atomic E-state index is 12.3. The minimum atomic E-state index is -0.0111. The lowest BCUT2D eigenvalue weighted by molar-refractivity contribution is -0.125. The summed E-state index contributed by atoms with van der Waals surface area (Å²) >= 11 is 0. The first-order valence-electron chi connectivity index (χ1n) is 9.07. The minimum Gasteiger partial charge on any atom is -0.376 e. The zero-order valence-electron chi connectivity index (χ0n) is 14.5. The van der Waals surface area contributed by atoms with Gasteiger partial charge in [0.1, 0.15) is 0 Å². The van der Waals surface area contributed by atoms with E-state index in [0.717, 1.165) is 51.1 Å². The smallest absolute Gasteiger partial charge is 0.224 e. The number of carbonyl (C=O) groups excluding carboxylic acids is 1. The van der Waals surface area contributed by atoms with E-state index in [1.54, 1.807) is 0 Å². The summed E-state index contributed by atoms with van der Waals surface area (Å²) < 4.78 is 5.59. The van der Waals surface area contributed by atoms with E-state index in [-0.39, 0.29) is 17.9 Å². The highest BCUT2D eigenvalue weighted by molar-refractivity contribution is 5.79. The van der Waals surface area contributed by atoms with Gasteiger partial charge in [0.2, 0.25) is 5.91 Å². The fourth-order valence-electron chi connectivity index (χ4n) is 3.76. The molecule has 1 aromatic rings. The fourth-order valence-corrected chi connectivity index (χ4v) is 3.76. The molecule has 1 heterocycles. The summed E-state index contributed by atoms with van der Waals surface area (Å²) in [5, 5.41) is 3.06. The Hall–Kier alpha value is -1.43. The van der Waals surface area contributed by atoms with Gasteiger partial charge in [-0.25, -0.2) is 0 Å². The van der Waals surface area contributed by atoms with E-state index in [4.69, 9.17) is 10.5 Å². The van der Waals surface area contributed by atoms with E-state index >= 15 is 0 Å². The van der Waals surface area contributed by atoms with E-state index in [2.05, 4.69) is 41.4 Å². The molecule has 0 spiro atoms. The maximum Gasteiger partial charge on any atom is 0.224 e. The first-order chi connectivity index (χ1) is 11.6. The van der Waals surface area contributed by atoms with Crippen LogP contribution in [0.4, 0.5) is 0 Å². The lowest BCUT2D eigenvalue weighted by Crippen LogP contribution is -2.40. The second kappa shape index (κ2) is 8.10. The van der Waals surface area contributed by atoms with E-state index in [9.17, 15) is 4.79 Å². The number of nitrogens with zero attached hydrogens (tertiary/aromatic N) is 1. The van der Waals surface area contributed by atoms with Gasteiger partial charge < -0.3 is 15.8 Å². The lowest BCUT2D eigenvalue weighted by atomic mass is 10.0. The van der Waals surface area contributed by atoms with Crippen LogP contribution in [0.15, 0.2) is 24.3 Å². The molecule has 5 heteroatoms. The fraction of sp³-hybridized carbons (Fsp3) is 0.632. The van der Waals surface area contributed by atoms with Crippen molar-refractivity contribution in [2.24, 2.45) is 11.7 Å². The SMILES string of the molecule is C[C@@H]1CN(Cc2cccc(CNC(=O)[C@H]3CCC[C@@H]3N)c2)CCO1. The molecule has 132 valence electrons. The van der Waals surface area contributed by atoms with E-state index in [1.165, 1.54) is 5.56 Å². The van der Waals surface area contributed by atoms with Gasteiger partial charge in [0, 0.05) is 32.2 Å². The number of nitrogens with two attached hydrogens (primary N) is 1. The highest BCUT2D eigenvalue weighted by atomic mass is 16.5. The van der Waals surface area contributed by atoms with E-state index in [0.29, 0.717) is 12.6 Å². The van der Waals surface area contributed by atoms with Gasteiger partial charge in [0.15, 0.2) is 0 Å². The number of ether oxygens (including phenoxy) is 1. The number of amides is 1. The quantitative estimate of drug-likeness (QED) is 0.861. The summed E-state index contributed by atoms with van der Waals surface area (Å²) in [6, 6.07) is 8.51. The Morgan fingerprint density at radius 1 is 1.38 bits per heavy atom. The van der Waals surface area contributed by atoms with Gasteiger partial charge in [0.25, 0.3) is 0 Å².